The molecule has 0 spiro atoms. The van der Waals surface area contributed by atoms with Gasteiger partial charge in [-0.2, -0.15) is 0 Å². The summed E-state index contributed by atoms with van der Waals surface area (Å²) in [5.74, 6) is -0.0297. The van der Waals surface area contributed by atoms with Crippen LogP contribution in [0.2, 0.25) is 0 Å². The fourth-order valence-corrected chi connectivity index (χ4v) is 2.06. The van der Waals surface area contributed by atoms with E-state index in [0.29, 0.717) is 30.0 Å². The fourth-order valence-electron chi connectivity index (χ4n) is 2.06. The molecule has 6 heteroatoms. The van der Waals surface area contributed by atoms with Gasteiger partial charge in [-0.25, -0.2) is 4.79 Å². The molecule has 0 unspecified atom stereocenters. The first-order chi connectivity index (χ1) is 9.58. The average Bonchev–Trinajstić information content (AvgIpc) is 2.44. The van der Waals surface area contributed by atoms with Crippen LogP contribution in [-0.4, -0.2) is 31.2 Å². The van der Waals surface area contributed by atoms with E-state index in [0.717, 1.165) is 5.39 Å². The summed E-state index contributed by atoms with van der Waals surface area (Å²) < 4.78 is 10.0. The summed E-state index contributed by atoms with van der Waals surface area (Å²) in [6, 6.07) is 5.27. The van der Waals surface area contributed by atoms with Crippen molar-refractivity contribution in [2.45, 2.75) is 6.92 Å². The van der Waals surface area contributed by atoms with Crippen LogP contribution in [0.4, 0.5) is 0 Å². The van der Waals surface area contributed by atoms with Crippen molar-refractivity contribution >= 4 is 16.9 Å². The third-order valence-electron chi connectivity index (χ3n) is 3.02. The Bertz CT molecular complexity index is 706. The number of H-pyrrole nitrogens is 1. The Hall–Kier alpha value is -2.34. The van der Waals surface area contributed by atoms with Crippen LogP contribution in [0.25, 0.3) is 10.9 Å². The maximum atomic E-state index is 12.0. The van der Waals surface area contributed by atoms with Gasteiger partial charge in [0.15, 0.2) is 0 Å². The molecule has 0 saturated heterocycles. The first-order valence-corrected chi connectivity index (χ1v) is 6.16. The van der Waals surface area contributed by atoms with Crippen molar-refractivity contribution in [2.24, 2.45) is 5.73 Å². The van der Waals surface area contributed by atoms with E-state index in [1.54, 1.807) is 25.1 Å². The molecule has 0 bridgehead atoms. The predicted molar refractivity (Wildman–Crippen MR) is 75.2 cm³/mol. The van der Waals surface area contributed by atoms with Gasteiger partial charge >= 0.3 is 5.97 Å². The van der Waals surface area contributed by atoms with Crippen molar-refractivity contribution in [1.82, 2.24) is 4.98 Å². The van der Waals surface area contributed by atoms with E-state index in [1.165, 1.54) is 7.11 Å². The molecule has 1 aromatic carbocycles. The second-order valence-electron chi connectivity index (χ2n) is 4.29. The van der Waals surface area contributed by atoms with E-state index >= 15 is 0 Å². The Labute approximate surface area is 115 Å². The number of pyridine rings is 1. The number of hydrogen-bond donors (Lipinski definition) is 2. The lowest BCUT2D eigenvalue weighted by molar-refractivity contribution is 0.0598. The van der Waals surface area contributed by atoms with Crippen LogP contribution in [0.5, 0.6) is 5.75 Å². The highest BCUT2D eigenvalue weighted by atomic mass is 16.5. The topological polar surface area (TPSA) is 94.4 Å². The van der Waals surface area contributed by atoms with E-state index in [2.05, 4.69) is 9.72 Å². The smallest absolute Gasteiger partial charge is 0.343 e. The predicted octanol–water partition coefficient (Wildman–Crippen LogP) is 0.961. The number of aryl methyl sites for hydroxylation is 1. The number of carbonyl (C=O) groups excluding carboxylic acids is 1. The molecule has 0 aliphatic carbocycles. The molecular formula is C14H16N2O4. The summed E-state index contributed by atoms with van der Waals surface area (Å²) in [6.45, 7) is 2.52. The molecule has 2 rings (SSSR count). The average molecular weight is 276 g/mol. The molecule has 20 heavy (non-hydrogen) atoms. The van der Waals surface area contributed by atoms with Crippen molar-refractivity contribution in [3.8, 4) is 5.75 Å². The lowest BCUT2D eigenvalue weighted by Crippen LogP contribution is -2.21. The SMILES string of the molecule is COC(=O)c1c(C)c2ccc(OCCN)cc2[nH]c1=O. The minimum atomic E-state index is -0.644. The summed E-state index contributed by atoms with van der Waals surface area (Å²) in [5.41, 5.74) is 6.11. The van der Waals surface area contributed by atoms with Gasteiger partial charge in [-0.15, -0.1) is 0 Å². The van der Waals surface area contributed by atoms with Crippen molar-refractivity contribution in [3.05, 3.63) is 39.7 Å². The molecule has 0 aliphatic heterocycles. The van der Waals surface area contributed by atoms with E-state index in [-0.39, 0.29) is 5.56 Å². The monoisotopic (exact) mass is 276 g/mol. The van der Waals surface area contributed by atoms with E-state index in [1.807, 2.05) is 0 Å². The van der Waals surface area contributed by atoms with E-state index in [9.17, 15) is 9.59 Å². The maximum absolute atomic E-state index is 12.0. The van der Waals surface area contributed by atoms with Crippen molar-refractivity contribution in [3.63, 3.8) is 0 Å². The van der Waals surface area contributed by atoms with Gasteiger partial charge in [-0.05, 0) is 24.6 Å². The van der Waals surface area contributed by atoms with Crippen molar-refractivity contribution < 1.29 is 14.3 Å². The normalized spacial score (nSPS) is 10.6. The highest BCUT2D eigenvalue weighted by Crippen LogP contribution is 2.22. The first-order valence-electron chi connectivity index (χ1n) is 6.16. The molecule has 6 nitrogen and oxygen atoms in total. The molecule has 1 heterocycles. The van der Waals surface area contributed by atoms with Crippen LogP contribution in [0, 0.1) is 6.92 Å². The summed E-state index contributed by atoms with van der Waals surface area (Å²) in [4.78, 5) is 26.3. The Morgan fingerprint density at radius 1 is 1.40 bits per heavy atom. The Balaban J connectivity index is 2.58. The Kier molecular flexibility index (Phi) is 4.05. The standard InChI is InChI=1S/C14H16N2O4/c1-8-10-4-3-9(20-6-5-15)7-11(10)16-13(17)12(8)14(18)19-2/h3-4,7H,5-6,15H2,1-2H3,(H,16,17). The lowest BCUT2D eigenvalue weighted by atomic mass is 10.0. The van der Waals surface area contributed by atoms with E-state index < -0.39 is 11.5 Å². The molecule has 0 radical (unpaired) electrons. The Morgan fingerprint density at radius 2 is 2.15 bits per heavy atom. The van der Waals surface area contributed by atoms with Crippen LogP contribution in [-0.2, 0) is 4.74 Å². The molecule has 2 aromatic rings. The molecule has 0 saturated carbocycles. The quantitative estimate of drug-likeness (QED) is 0.811. The van der Waals surface area contributed by atoms with Crippen LogP contribution < -0.4 is 16.0 Å². The number of ether oxygens (including phenoxy) is 2. The fraction of sp³-hybridized carbons (Fsp3) is 0.286. The number of methoxy groups -OCH3 is 1. The van der Waals surface area contributed by atoms with Gasteiger partial charge in [-0.1, -0.05) is 0 Å². The summed E-state index contributed by atoms with van der Waals surface area (Å²) >= 11 is 0. The summed E-state index contributed by atoms with van der Waals surface area (Å²) in [5, 5.41) is 0.769. The molecule has 1 aromatic heterocycles. The number of nitrogens with one attached hydrogen (secondary N) is 1. The van der Waals surface area contributed by atoms with Gasteiger partial charge in [0, 0.05) is 18.0 Å². The number of rotatable bonds is 4. The highest BCUT2D eigenvalue weighted by molar-refractivity contribution is 5.96. The molecule has 3 N–H and O–H groups in total. The van der Waals surface area contributed by atoms with Crippen LogP contribution in [0.15, 0.2) is 23.0 Å². The largest absolute Gasteiger partial charge is 0.492 e. The lowest BCUT2D eigenvalue weighted by Gasteiger charge is -2.09. The maximum Gasteiger partial charge on any atom is 0.343 e. The second kappa shape index (κ2) is 5.75. The molecule has 0 amide bonds. The molecule has 0 aliphatic rings. The summed E-state index contributed by atoms with van der Waals surface area (Å²) in [7, 11) is 1.25. The zero-order valence-electron chi connectivity index (χ0n) is 11.4. The second-order valence-corrected chi connectivity index (χ2v) is 4.29. The van der Waals surface area contributed by atoms with Crippen LogP contribution >= 0.6 is 0 Å². The number of aromatic amines is 1. The molecule has 0 fully saturated rings. The highest BCUT2D eigenvalue weighted by Gasteiger charge is 2.17. The number of esters is 1. The number of fused-ring (bicyclic) bond motifs is 1. The Morgan fingerprint density at radius 3 is 2.80 bits per heavy atom. The van der Waals surface area contributed by atoms with Crippen LogP contribution in [0.1, 0.15) is 15.9 Å². The number of carbonyl (C=O) groups is 1. The van der Waals surface area contributed by atoms with Crippen molar-refractivity contribution in [2.75, 3.05) is 20.3 Å². The third-order valence-corrected chi connectivity index (χ3v) is 3.02. The van der Waals surface area contributed by atoms with Gasteiger partial charge < -0.3 is 20.2 Å². The third kappa shape index (κ3) is 2.50. The van der Waals surface area contributed by atoms with Gasteiger partial charge in [-0.3, -0.25) is 4.79 Å². The number of benzene rings is 1. The van der Waals surface area contributed by atoms with E-state index in [4.69, 9.17) is 10.5 Å². The number of nitrogens with two attached hydrogens (primary N) is 1. The minimum absolute atomic E-state index is 0.0237. The molecule has 0 atom stereocenters. The van der Waals surface area contributed by atoms with Gasteiger partial charge in [0.25, 0.3) is 5.56 Å². The molecular weight excluding hydrogens is 260 g/mol. The number of hydrogen-bond acceptors (Lipinski definition) is 5. The summed E-state index contributed by atoms with van der Waals surface area (Å²) in [6.07, 6.45) is 0. The zero-order chi connectivity index (χ0) is 14.7. The number of aromatic nitrogens is 1. The first kappa shape index (κ1) is 14.1. The van der Waals surface area contributed by atoms with Gasteiger partial charge in [0.05, 0.1) is 12.6 Å². The minimum Gasteiger partial charge on any atom is -0.492 e. The van der Waals surface area contributed by atoms with Crippen LogP contribution in [0.3, 0.4) is 0 Å². The van der Waals surface area contributed by atoms with Crippen molar-refractivity contribution in [1.29, 1.82) is 0 Å². The molecule has 106 valence electrons. The van der Waals surface area contributed by atoms with Gasteiger partial charge in [0.2, 0.25) is 0 Å². The zero-order valence-corrected chi connectivity index (χ0v) is 11.4. The van der Waals surface area contributed by atoms with Gasteiger partial charge in [0.1, 0.15) is 17.9 Å².